The first-order valence-corrected chi connectivity index (χ1v) is 7.41. The zero-order valence-electron chi connectivity index (χ0n) is 13.4. The predicted octanol–water partition coefficient (Wildman–Crippen LogP) is 0.837. The molecule has 6 nitrogen and oxygen atoms in total. The van der Waals surface area contributed by atoms with Gasteiger partial charge in [-0.25, -0.2) is 4.99 Å². The molecule has 0 aliphatic carbocycles. The van der Waals surface area contributed by atoms with Gasteiger partial charge in [-0.1, -0.05) is 13.3 Å². The van der Waals surface area contributed by atoms with Gasteiger partial charge in [0.25, 0.3) is 0 Å². The Hall–Kier alpha value is -1.30. The van der Waals surface area contributed by atoms with Crippen molar-refractivity contribution in [1.82, 2.24) is 15.5 Å². The topological polar surface area (TPSA) is 66.0 Å². The van der Waals surface area contributed by atoms with Gasteiger partial charge in [-0.2, -0.15) is 0 Å². The Kier molecular flexibility index (Phi) is 11.9. The van der Waals surface area contributed by atoms with Crippen LogP contribution in [-0.2, 0) is 9.53 Å². The summed E-state index contributed by atoms with van der Waals surface area (Å²) in [5.41, 5.74) is 0. The standard InChI is InChI=1S/C14H30N4O2/c1-5-7-10-20-11-8-9-16-14(15-6-2)17-12-13(19)18(3)4/h5-12H2,1-4H3,(H2,15,16,17). The number of ether oxygens (including phenoxy) is 1. The van der Waals surface area contributed by atoms with Crippen molar-refractivity contribution in [2.45, 2.75) is 33.1 Å². The van der Waals surface area contributed by atoms with E-state index in [4.69, 9.17) is 4.74 Å². The van der Waals surface area contributed by atoms with E-state index in [1.54, 1.807) is 14.1 Å². The monoisotopic (exact) mass is 286 g/mol. The molecule has 6 heteroatoms. The van der Waals surface area contributed by atoms with E-state index < -0.39 is 0 Å². The summed E-state index contributed by atoms with van der Waals surface area (Å²) >= 11 is 0. The predicted molar refractivity (Wildman–Crippen MR) is 83.0 cm³/mol. The van der Waals surface area contributed by atoms with Crippen molar-refractivity contribution in [3.8, 4) is 0 Å². The SMILES string of the molecule is CCCCOCCCNC(=NCC(=O)N(C)C)NCC. The second-order valence-corrected chi connectivity index (χ2v) is 4.73. The van der Waals surface area contributed by atoms with Crippen molar-refractivity contribution in [1.29, 1.82) is 0 Å². The van der Waals surface area contributed by atoms with Gasteiger partial charge >= 0.3 is 0 Å². The molecule has 0 aromatic carbocycles. The fourth-order valence-electron chi connectivity index (χ4n) is 1.36. The molecule has 0 aromatic heterocycles. The average molecular weight is 286 g/mol. The molecule has 118 valence electrons. The lowest BCUT2D eigenvalue weighted by Gasteiger charge is -2.12. The van der Waals surface area contributed by atoms with Crippen LogP contribution in [0.1, 0.15) is 33.1 Å². The van der Waals surface area contributed by atoms with Gasteiger partial charge in [-0.05, 0) is 19.8 Å². The first-order valence-electron chi connectivity index (χ1n) is 7.41. The zero-order valence-corrected chi connectivity index (χ0v) is 13.4. The Bertz CT molecular complexity index is 280. The summed E-state index contributed by atoms with van der Waals surface area (Å²) in [5, 5.41) is 6.31. The first kappa shape index (κ1) is 18.7. The number of carbonyl (C=O) groups excluding carboxylic acids is 1. The summed E-state index contributed by atoms with van der Waals surface area (Å²) in [5.74, 6) is 0.668. The third-order valence-electron chi connectivity index (χ3n) is 2.62. The highest BCUT2D eigenvalue weighted by Gasteiger charge is 2.03. The highest BCUT2D eigenvalue weighted by Crippen LogP contribution is 1.89. The van der Waals surface area contributed by atoms with Crippen LogP contribution >= 0.6 is 0 Å². The quantitative estimate of drug-likeness (QED) is 0.355. The van der Waals surface area contributed by atoms with E-state index >= 15 is 0 Å². The molecule has 0 atom stereocenters. The highest BCUT2D eigenvalue weighted by atomic mass is 16.5. The molecular formula is C14H30N4O2. The number of amides is 1. The van der Waals surface area contributed by atoms with Gasteiger partial charge < -0.3 is 20.3 Å². The molecule has 0 bridgehead atoms. The van der Waals surface area contributed by atoms with Gasteiger partial charge in [-0.3, -0.25) is 4.79 Å². The number of nitrogens with zero attached hydrogens (tertiary/aromatic N) is 2. The number of hydrogen-bond acceptors (Lipinski definition) is 3. The second-order valence-electron chi connectivity index (χ2n) is 4.73. The number of hydrogen-bond donors (Lipinski definition) is 2. The van der Waals surface area contributed by atoms with Crippen LogP contribution in [0, 0.1) is 0 Å². The molecule has 0 spiro atoms. The third kappa shape index (κ3) is 10.6. The van der Waals surface area contributed by atoms with Gasteiger partial charge in [0.2, 0.25) is 5.91 Å². The smallest absolute Gasteiger partial charge is 0.243 e. The molecule has 0 heterocycles. The average Bonchev–Trinajstić information content (AvgIpc) is 2.43. The van der Waals surface area contributed by atoms with Crippen molar-refractivity contribution in [2.24, 2.45) is 4.99 Å². The Labute approximate surface area is 123 Å². The molecule has 0 aliphatic rings. The summed E-state index contributed by atoms with van der Waals surface area (Å²) in [7, 11) is 3.46. The molecule has 0 rings (SSSR count). The molecule has 0 aromatic rings. The zero-order chi connectivity index (χ0) is 15.2. The van der Waals surface area contributed by atoms with Crippen LogP contribution in [0.4, 0.5) is 0 Å². The minimum absolute atomic E-state index is 0.00916. The van der Waals surface area contributed by atoms with Crippen molar-refractivity contribution >= 4 is 11.9 Å². The van der Waals surface area contributed by atoms with Crippen LogP contribution in [0.5, 0.6) is 0 Å². The number of nitrogens with one attached hydrogen (secondary N) is 2. The molecule has 1 amide bonds. The van der Waals surface area contributed by atoms with E-state index in [1.165, 1.54) is 4.90 Å². The van der Waals surface area contributed by atoms with Gasteiger partial charge in [0.15, 0.2) is 5.96 Å². The van der Waals surface area contributed by atoms with Crippen molar-refractivity contribution < 1.29 is 9.53 Å². The van der Waals surface area contributed by atoms with Gasteiger partial charge in [0, 0.05) is 40.4 Å². The van der Waals surface area contributed by atoms with Crippen LogP contribution in [0.25, 0.3) is 0 Å². The van der Waals surface area contributed by atoms with E-state index in [-0.39, 0.29) is 12.5 Å². The van der Waals surface area contributed by atoms with Crippen LogP contribution in [0.15, 0.2) is 4.99 Å². The normalized spacial score (nSPS) is 11.3. The molecule has 20 heavy (non-hydrogen) atoms. The molecule has 0 saturated carbocycles. The van der Waals surface area contributed by atoms with Gasteiger partial charge in [0.1, 0.15) is 6.54 Å². The summed E-state index contributed by atoms with van der Waals surface area (Å²) in [6.45, 7) is 7.46. The molecule has 0 fully saturated rings. The van der Waals surface area contributed by atoms with E-state index in [9.17, 15) is 4.79 Å². The Morgan fingerprint density at radius 2 is 1.85 bits per heavy atom. The van der Waals surface area contributed by atoms with Crippen molar-refractivity contribution in [3.63, 3.8) is 0 Å². The Morgan fingerprint density at radius 1 is 1.15 bits per heavy atom. The lowest BCUT2D eigenvalue weighted by molar-refractivity contribution is -0.127. The number of guanidine groups is 1. The van der Waals surface area contributed by atoms with E-state index in [0.29, 0.717) is 5.96 Å². The van der Waals surface area contributed by atoms with E-state index in [1.807, 2.05) is 6.92 Å². The summed E-state index contributed by atoms with van der Waals surface area (Å²) in [6, 6.07) is 0. The van der Waals surface area contributed by atoms with Crippen LogP contribution < -0.4 is 10.6 Å². The minimum Gasteiger partial charge on any atom is -0.381 e. The van der Waals surface area contributed by atoms with Crippen LogP contribution in [-0.4, -0.2) is 63.7 Å². The van der Waals surface area contributed by atoms with Gasteiger partial charge in [-0.15, -0.1) is 0 Å². The second kappa shape index (κ2) is 12.7. The number of carbonyl (C=O) groups is 1. The molecule has 0 aliphatic heterocycles. The number of rotatable bonds is 10. The number of likely N-dealkylation sites (N-methyl/N-ethyl adjacent to an activating group) is 1. The lowest BCUT2D eigenvalue weighted by atomic mass is 10.4. The minimum atomic E-state index is -0.00916. The molecule has 2 N–H and O–H groups in total. The molecule has 0 radical (unpaired) electrons. The van der Waals surface area contributed by atoms with E-state index in [0.717, 1.165) is 45.6 Å². The maximum atomic E-state index is 11.5. The maximum Gasteiger partial charge on any atom is 0.243 e. The Balaban J connectivity index is 3.84. The van der Waals surface area contributed by atoms with Crippen molar-refractivity contribution in [2.75, 3.05) is 46.9 Å². The lowest BCUT2D eigenvalue weighted by Crippen LogP contribution is -2.39. The summed E-state index contributed by atoms with van der Waals surface area (Å²) in [4.78, 5) is 17.3. The first-order chi connectivity index (χ1) is 9.61. The third-order valence-corrected chi connectivity index (χ3v) is 2.62. The highest BCUT2D eigenvalue weighted by molar-refractivity contribution is 5.84. The summed E-state index contributed by atoms with van der Waals surface area (Å²) < 4.78 is 5.48. The van der Waals surface area contributed by atoms with Crippen LogP contribution in [0.3, 0.4) is 0 Å². The van der Waals surface area contributed by atoms with Crippen molar-refractivity contribution in [3.05, 3.63) is 0 Å². The molecular weight excluding hydrogens is 256 g/mol. The number of aliphatic imine (C=N–C) groups is 1. The number of unbranched alkanes of at least 4 members (excludes halogenated alkanes) is 1. The summed E-state index contributed by atoms with van der Waals surface area (Å²) in [6.07, 6.45) is 3.20. The maximum absolute atomic E-state index is 11.5. The van der Waals surface area contributed by atoms with E-state index in [2.05, 4.69) is 22.5 Å². The fraction of sp³-hybridized carbons (Fsp3) is 0.857. The van der Waals surface area contributed by atoms with Gasteiger partial charge in [0.05, 0.1) is 0 Å². The molecule has 0 unspecified atom stereocenters. The Morgan fingerprint density at radius 3 is 2.45 bits per heavy atom. The van der Waals surface area contributed by atoms with Crippen LogP contribution in [0.2, 0.25) is 0 Å². The largest absolute Gasteiger partial charge is 0.381 e. The fourth-order valence-corrected chi connectivity index (χ4v) is 1.36. The molecule has 0 saturated heterocycles.